The number of aliphatic hydroxyl groups excluding tert-OH is 2. The van der Waals surface area contributed by atoms with Gasteiger partial charge in [0.1, 0.15) is 18.8 Å². The molecule has 1 fully saturated rings. The van der Waals surface area contributed by atoms with Crippen molar-refractivity contribution in [1.82, 2.24) is 0 Å². The van der Waals surface area contributed by atoms with Crippen LogP contribution >= 0.6 is 0 Å². The number of hydrogen-bond acceptors (Lipinski definition) is 11. The second-order valence-corrected chi connectivity index (χ2v) is 19.5. The Kier molecular flexibility index (Phi) is 47.2. The van der Waals surface area contributed by atoms with Gasteiger partial charge in [0.15, 0.2) is 24.6 Å². The molecule has 0 aliphatic carbocycles. The normalized spacial score (nSPS) is 18.9. The van der Waals surface area contributed by atoms with E-state index in [1.807, 2.05) is 6.08 Å². The third kappa shape index (κ3) is 41.8. The average Bonchev–Trinajstić information content (AvgIpc) is 3.42. The lowest BCUT2D eigenvalue weighted by Gasteiger charge is -2.40. The van der Waals surface area contributed by atoms with Crippen LogP contribution in [0.2, 0.25) is 0 Å². The number of aliphatic carboxylic acids is 1. The molecule has 6 atom stereocenters. The molecular formula is C65H102O12. The third-order valence-electron chi connectivity index (χ3n) is 12.5. The number of aliphatic hydroxyl groups is 2. The zero-order valence-electron chi connectivity index (χ0n) is 47.7. The van der Waals surface area contributed by atoms with Gasteiger partial charge in [-0.05, 0) is 122 Å². The van der Waals surface area contributed by atoms with Gasteiger partial charge in [-0.25, -0.2) is 4.79 Å². The number of carbonyl (C=O) groups is 4. The summed E-state index contributed by atoms with van der Waals surface area (Å²) in [4.78, 5) is 51.1. The summed E-state index contributed by atoms with van der Waals surface area (Å²) < 4.78 is 28.3. The fourth-order valence-corrected chi connectivity index (χ4v) is 8.03. The Labute approximate surface area is 465 Å². The molecule has 434 valence electrons. The van der Waals surface area contributed by atoms with E-state index in [4.69, 9.17) is 23.7 Å². The first-order valence-electron chi connectivity index (χ1n) is 29.5. The molecule has 0 aromatic heterocycles. The molecule has 12 heteroatoms. The smallest absolute Gasteiger partial charge is 0.335 e. The van der Waals surface area contributed by atoms with Crippen LogP contribution < -0.4 is 0 Å². The first kappa shape index (κ1) is 70.1. The fourth-order valence-electron chi connectivity index (χ4n) is 8.03. The van der Waals surface area contributed by atoms with Crippen LogP contribution in [0.25, 0.3) is 0 Å². The molecule has 0 radical (unpaired) electrons. The summed E-state index contributed by atoms with van der Waals surface area (Å²) >= 11 is 0. The molecule has 0 saturated carbocycles. The van der Waals surface area contributed by atoms with Crippen molar-refractivity contribution in [2.45, 2.75) is 250 Å². The van der Waals surface area contributed by atoms with Gasteiger partial charge in [0.05, 0.1) is 6.61 Å². The maximum Gasteiger partial charge on any atom is 0.335 e. The first-order chi connectivity index (χ1) is 37.6. The predicted octanol–water partition coefficient (Wildman–Crippen LogP) is 15.2. The highest BCUT2D eigenvalue weighted by atomic mass is 16.7. The van der Waals surface area contributed by atoms with Gasteiger partial charge in [0.25, 0.3) is 0 Å². The Morgan fingerprint density at radius 3 is 1.30 bits per heavy atom. The Balaban J connectivity index is 2.75. The van der Waals surface area contributed by atoms with E-state index in [9.17, 15) is 34.5 Å². The topological polar surface area (TPSA) is 175 Å². The number of unbranched alkanes of at least 4 members (excludes halogenated alkanes) is 14. The molecule has 0 aromatic carbocycles. The van der Waals surface area contributed by atoms with E-state index < -0.39 is 67.3 Å². The van der Waals surface area contributed by atoms with Crippen LogP contribution in [-0.4, -0.2) is 89.2 Å². The minimum Gasteiger partial charge on any atom is -0.479 e. The number of ether oxygens (including phenoxy) is 5. The van der Waals surface area contributed by atoms with Crippen molar-refractivity contribution < 1.29 is 58.2 Å². The molecule has 6 unspecified atom stereocenters. The summed E-state index contributed by atoms with van der Waals surface area (Å²) in [5.41, 5.74) is 0. The first-order valence-corrected chi connectivity index (χ1v) is 29.5. The van der Waals surface area contributed by atoms with Gasteiger partial charge in [0.2, 0.25) is 0 Å². The highest BCUT2D eigenvalue weighted by Crippen LogP contribution is 2.26. The van der Waals surface area contributed by atoms with Crippen molar-refractivity contribution in [2.75, 3.05) is 13.2 Å². The highest BCUT2D eigenvalue weighted by molar-refractivity contribution is 5.74. The van der Waals surface area contributed by atoms with Gasteiger partial charge in [0, 0.05) is 19.3 Å². The van der Waals surface area contributed by atoms with Crippen LogP contribution in [0, 0.1) is 0 Å². The minimum atomic E-state index is -1.92. The van der Waals surface area contributed by atoms with Gasteiger partial charge in [-0.15, -0.1) is 0 Å². The number of carbonyl (C=O) groups excluding carboxylic acids is 3. The predicted molar refractivity (Wildman–Crippen MR) is 312 cm³/mol. The van der Waals surface area contributed by atoms with Gasteiger partial charge >= 0.3 is 23.9 Å². The number of rotatable bonds is 48. The number of allylic oxidation sites excluding steroid dienone is 20. The van der Waals surface area contributed by atoms with Gasteiger partial charge in [-0.3, -0.25) is 14.4 Å². The van der Waals surface area contributed by atoms with Crippen LogP contribution in [-0.2, 0) is 42.9 Å². The van der Waals surface area contributed by atoms with Crippen molar-refractivity contribution in [1.29, 1.82) is 0 Å². The summed E-state index contributed by atoms with van der Waals surface area (Å²) in [6.07, 6.45) is 58.9. The summed E-state index contributed by atoms with van der Waals surface area (Å²) in [6, 6.07) is 0. The number of hydrogen-bond donors (Lipinski definition) is 3. The Bertz CT molecular complexity index is 1800. The SMILES string of the molecule is CC/C=C\C/C=C\C/C=C\C/C=C\C/C=C\CCCC(=O)OCC(COC1OC(C(=O)O)C(O)C(O)C1OC(=O)CCCCCCCCC/C=C\C/C=C\CCCCC)OC(=O)CCCCC/C=C\C/C=C\C/C=C\CC. The van der Waals surface area contributed by atoms with E-state index in [2.05, 4.69) is 136 Å². The molecule has 0 amide bonds. The summed E-state index contributed by atoms with van der Waals surface area (Å²) in [7, 11) is 0. The van der Waals surface area contributed by atoms with Gasteiger partial charge in [-0.1, -0.05) is 194 Å². The van der Waals surface area contributed by atoms with E-state index in [0.29, 0.717) is 25.7 Å². The number of carboxylic acid groups (broad SMARTS) is 1. The van der Waals surface area contributed by atoms with Crippen molar-refractivity contribution in [3.05, 3.63) is 122 Å². The third-order valence-corrected chi connectivity index (χ3v) is 12.5. The molecule has 12 nitrogen and oxygen atoms in total. The maximum absolute atomic E-state index is 13.1. The zero-order valence-corrected chi connectivity index (χ0v) is 47.7. The molecule has 0 aromatic rings. The molecular weight excluding hydrogens is 973 g/mol. The standard InChI is InChI=1S/C65H102O12/c1-4-7-10-13-16-19-22-25-27-29-31-34-36-39-42-45-48-51-57(66)73-54-56(75-58(67)52-49-46-43-40-37-33-24-21-18-15-12-9-6-3)55-74-65-63(61(70)60(69)62(77-65)64(71)72)76-59(68)53-50-47-44-41-38-35-32-30-28-26-23-20-17-14-11-8-5-2/h7,9-10,12,16-21,25-28,31,33-34,37,39,42,56,60-63,65,69-70H,4-6,8,11,13-15,22-24,29-30,32,35-36,38,40-41,43-55H2,1-3H3,(H,71,72)/b10-7-,12-9-,19-16-,20-17-,21-18-,27-25-,28-26-,34-31-,37-33-,42-39-. The van der Waals surface area contributed by atoms with E-state index in [-0.39, 0.29) is 25.9 Å². The largest absolute Gasteiger partial charge is 0.479 e. The van der Waals surface area contributed by atoms with Crippen LogP contribution in [0.4, 0.5) is 0 Å². The lowest BCUT2D eigenvalue weighted by atomic mass is 9.98. The van der Waals surface area contributed by atoms with E-state index in [1.54, 1.807) is 0 Å². The molecule has 77 heavy (non-hydrogen) atoms. The van der Waals surface area contributed by atoms with Crippen LogP contribution in [0.15, 0.2) is 122 Å². The van der Waals surface area contributed by atoms with Crippen molar-refractivity contribution in [3.63, 3.8) is 0 Å². The average molecular weight is 1080 g/mol. The quantitative estimate of drug-likeness (QED) is 0.0228. The van der Waals surface area contributed by atoms with Crippen molar-refractivity contribution in [3.8, 4) is 0 Å². The Morgan fingerprint density at radius 2 is 0.831 bits per heavy atom. The van der Waals surface area contributed by atoms with E-state index in [0.717, 1.165) is 128 Å². The Morgan fingerprint density at radius 1 is 0.442 bits per heavy atom. The number of carboxylic acids is 1. The summed E-state index contributed by atoms with van der Waals surface area (Å²) in [5.74, 6) is -3.27. The molecule has 1 saturated heterocycles. The molecule has 1 heterocycles. The van der Waals surface area contributed by atoms with Gasteiger partial charge < -0.3 is 39.0 Å². The Hall–Kier alpha value is -4.88. The van der Waals surface area contributed by atoms with E-state index >= 15 is 0 Å². The molecule has 1 aliphatic rings. The monoisotopic (exact) mass is 1070 g/mol. The van der Waals surface area contributed by atoms with Crippen LogP contribution in [0.5, 0.6) is 0 Å². The molecule has 1 rings (SSSR count). The van der Waals surface area contributed by atoms with Crippen molar-refractivity contribution in [2.24, 2.45) is 0 Å². The lowest BCUT2D eigenvalue weighted by Crippen LogP contribution is -2.61. The molecule has 1 aliphatic heterocycles. The second kappa shape index (κ2) is 51.9. The second-order valence-electron chi connectivity index (χ2n) is 19.5. The van der Waals surface area contributed by atoms with Crippen molar-refractivity contribution >= 4 is 23.9 Å². The van der Waals surface area contributed by atoms with Crippen LogP contribution in [0.3, 0.4) is 0 Å². The van der Waals surface area contributed by atoms with Gasteiger partial charge in [-0.2, -0.15) is 0 Å². The molecule has 3 N–H and O–H groups in total. The highest BCUT2D eigenvalue weighted by Gasteiger charge is 2.50. The molecule has 0 bridgehead atoms. The number of esters is 3. The lowest BCUT2D eigenvalue weighted by molar-refractivity contribution is -0.301. The van der Waals surface area contributed by atoms with E-state index in [1.165, 1.54) is 19.3 Å². The summed E-state index contributed by atoms with van der Waals surface area (Å²) in [5, 5.41) is 31.5. The molecule has 0 spiro atoms. The fraction of sp³-hybridized carbons (Fsp3) is 0.631. The zero-order chi connectivity index (χ0) is 56.1. The summed E-state index contributed by atoms with van der Waals surface area (Å²) in [6.45, 7) is 5.65. The van der Waals surface area contributed by atoms with Crippen LogP contribution in [0.1, 0.15) is 213 Å². The minimum absolute atomic E-state index is 0.0361. The maximum atomic E-state index is 13.1.